The van der Waals surface area contributed by atoms with E-state index >= 15 is 0 Å². The third-order valence-electron chi connectivity index (χ3n) is 3.22. The van der Waals surface area contributed by atoms with Crippen LogP contribution in [0.5, 0.6) is 0 Å². The second-order valence-corrected chi connectivity index (χ2v) is 7.55. The molecule has 122 valence electrons. The molecule has 0 radical (unpaired) electrons. The predicted molar refractivity (Wildman–Crippen MR) is 88.6 cm³/mol. The Morgan fingerprint density at radius 1 is 1.30 bits per heavy atom. The van der Waals surface area contributed by atoms with Crippen LogP contribution in [0.2, 0.25) is 0 Å². The SMILES string of the molecule is Cc1cc(S(=O)(=O)NC(Cc2ccncc2)C(=O)O)ccc1Br. The maximum atomic E-state index is 12.4. The van der Waals surface area contributed by atoms with Crippen molar-refractivity contribution in [2.45, 2.75) is 24.3 Å². The monoisotopic (exact) mass is 398 g/mol. The summed E-state index contributed by atoms with van der Waals surface area (Å²) < 4.78 is 27.8. The molecule has 0 saturated carbocycles. The van der Waals surface area contributed by atoms with Crippen LogP contribution in [-0.4, -0.2) is 30.5 Å². The molecule has 0 amide bonds. The largest absolute Gasteiger partial charge is 0.480 e. The molecule has 0 aliphatic rings. The highest BCUT2D eigenvalue weighted by atomic mass is 79.9. The third-order valence-corrected chi connectivity index (χ3v) is 5.58. The van der Waals surface area contributed by atoms with Gasteiger partial charge in [0.15, 0.2) is 0 Å². The van der Waals surface area contributed by atoms with Crippen LogP contribution in [0.1, 0.15) is 11.1 Å². The normalized spacial score (nSPS) is 12.8. The van der Waals surface area contributed by atoms with Crippen molar-refractivity contribution in [2.24, 2.45) is 0 Å². The lowest BCUT2D eigenvalue weighted by Crippen LogP contribution is -2.42. The van der Waals surface area contributed by atoms with Gasteiger partial charge >= 0.3 is 5.97 Å². The Kier molecular flexibility index (Phi) is 5.51. The fraction of sp³-hybridized carbons (Fsp3) is 0.200. The molecular weight excluding hydrogens is 384 g/mol. The number of aromatic nitrogens is 1. The zero-order chi connectivity index (χ0) is 17.0. The summed E-state index contributed by atoms with van der Waals surface area (Å²) in [7, 11) is -3.93. The van der Waals surface area contributed by atoms with Crippen LogP contribution in [0.15, 0.2) is 52.1 Å². The fourth-order valence-electron chi connectivity index (χ4n) is 1.97. The summed E-state index contributed by atoms with van der Waals surface area (Å²) >= 11 is 3.30. The quantitative estimate of drug-likeness (QED) is 0.776. The van der Waals surface area contributed by atoms with Crippen molar-refractivity contribution in [1.29, 1.82) is 0 Å². The maximum Gasteiger partial charge on any atom is 0.322 e. The summed E-state index contributed by atoms with van der Waals surface area (Å²) in [5.41, 5.74) is 1.43. The van der Waals surface area contributed by atoms with Gasteiger partial charge in [0.2, 0.25) is 10.0 Å². The first-order chi connectivity index (χ1) is 10.8. The number of carbonyl (C=O) groups is 1. The Hall–Kier alpha value is -1.77. The van der Waals surface area contributed by atoms with Gasteiger partial charge in [0, 0.05) is 16.9 Å². The Balaban J connectivity index is 2.24. The Morgan fingerprint density at radius 2 is 1.96 bits per heavy atom. The van der Waals surface area contributed by atoms with E-state index in [1.165, 1.54) is 24.5 Å². The van der Waals surface area contributed by atoms with E-state index in [1.807, 2.05) is 0 Å². The molecule has 0 bridgehead atoms. The number of carboxylic acids is 1. The van der Waals surface area contributed by atoms with Gasteiger partial charge in [-0.1, -0.05) is 15.9 Å². The summed E-state index contributed by atoms with van der Waals surface area (Å²) in [6, 6.07) is 6.55. The number of carboxylic acid groups (broad SMARTS) is 1. The van der Waals surface area contributed by atoms with Gasteiger partial charge in [0.25, 0.3) is 0 Å². The van der Waals surface area contributed by atoms with E-state index in [1.54, 1.807) is 25.1 Å². The van der Waals surface area contributed by atoms with Gasteiger partial charge in [-0.3, -0.25) is 9.78 Å². The minimum Gasteiger partial charge on any atom is -0.480 e. The average molecular weight is 399 g/mol. The Labute approximate surface area is 142 Å². The van der Waals surface area contributed by atoms with Crippen LogP contribution in [0.4, 0.5) is 0 Å². The van der Waals surface area contributed by atoms with E-state index in [0.29, 0.717) is 5.56 Å². The molecule has 0 fully saturated rings. The number of halogens is 1. The highest BCUT2D eigenvalue weighted by Gasteiger charge is 2.25. The van der Waals surface area contributed by atoms with Crippen LogP contribution in [0.25, 0.3) is 0 Å². The van der Waals surface area contributed by atoms with Crippen LogP contribution in [0.3, 0.4) is 0 Å². The molecule has 2 N–H and O–H groups in total. The summed E-state index contributed by atoms with van der Waals surface area (Å²) in [5, 5.41) is 9.29. The van der Waals surface area contributed by atoms with Gasteiger partial charge < -0.3 is 5.11 Å². The molecule has 1 aromatic carbocycles. The predicted octanol–water partition coefficient (Wildman–Crippen LogP) is 2.13. The zero-order valence-electron chi connectivity index (χ0n) is 12.2. The zero-order valence-corrected chi connectivity index (χ0v) is 14.6. The van der Waals surface area contributed by atoms with Crippen molar-refractivity contribution in [3.8, 4) is 0 Å². The first-order valence-electron chi connectivity index (χ1n) is 6.70. The smallest absolute Gasteiger partial charge is 0.322 e. The number of hydrogen-bond acceptors (Lipinski definition) is 4. The van der Waals surface area contributed by atoms with Gasteiger partial charge in [-0.15, -0.1) is 0 Å². The second kappa shape index (κ2) is 7.20. The topological polar surface area (TPSA) is 96.4 Å². The van der Waals surface area contributed by atoms with Gasteiger partial charge in [-0.05, 0) is 54.8 Å². The van der Waals surface area contributed by atoms with Gasteiger partial charge in [0.1, 0.15) is 6.04 Å². The molecule has 2 aromatic rings. The highest BCUT2D eigenvalue weighted by Crippen LogP contribution is 2.20. The number of hydrogen-bond donors (Lipinski definition) is 2. The Bertz CT molecular complexity index is 809. The molecule has 0 saturated heterocycles. The molecule has 1 unspecified atom stereocenters. The van der Waals surface area contributed by atoms with Crippen LogP contribution < -0.4 is 4.72 Å². The number of aryl methyl sites for hydroxylation is 1. The Morgan fingerprint density at radius 3 is 2.52 bits per heavy atom. The molecule has 2 rings (SSSR count). The lowest BCUT2D eigenvalue weighted by molar-refractivity contribution is -0.138. The summed E-state index contributed by atoms with van der Waals surface area (Å²) in [6.07, 6.45) is 3.09. The number of nitrogens with zero attached hydrogens (tertiary/aromatic N) is 1. The van der Waals surface area contributed by atoms with Crippen LogP contribution in [0, 0.1) is 6.92 Å². The molecule has 23 heavy (non-hydrogen) atoms. The first kappa shape index (κ1) is 17.6. The summed E-state index contributed by atoms with van der Waals surface area (Å²) in [5.74, 6) is -1.24. The standard InChI is InChI=1S/C15H15BrN2O4S/c1-10-8-12(2-3-13(10)16)23(21,22)18-14(15(19)20)9-11-4-6-17-7-5-11/h2-8,14,18H,9H2,1H3,(H,19,20). The number of benzene rings is 1. The van der Waals surface area contributed by atoms with Crippen molar-refractivity contribution < 1.29 is 18.3 Å². The third kappa shape index (κ3) is 4.60. The molecule has 0 spiro atoms. The summed E-state index contributed by atoms with van der Waals surface area (Å²) in [4.78, 5) is 15.3. The highest BCUT2D eigenvalue weighted by molar-refractivity contribution is 9.10. The van der Waals surface area contributed by atoms with E-state index < -0.39 is 22.0 Å². The number of nitrogens with one attached hydrogen (secondary N) is 1. The molecule has 1 aromatic heterocycles. The molecule has 1 atom stereocenters. The van der Waals surface area contributed by atoms with Crippen molar-refractivity contribution in [3.05, 3.63) is 58.3 Å². The van der Waals surface area contributed by atoms with Crippen LogP contribution in [-0.2, 0) is 21.2 Å². The maximum absolute atomic E-state index is 12.4. The number of pyridine rings is 1. The molecule has 0 aliphatic carbocycles. The lowest BCUT2D eigenvalue weighted by atomic mass is 10.1. The summed E-state index contributed by atoms with van der Waals surface area (Å²) in [6.45, 7) is 1.76. The van der Waals surface area contributed by atoms with E-state index in [0.717, 1.165) is 10.0 Å². The lowest BCUT2D eigenvalue weighted by Gasteiger charge is -2.15. The molecular formula is C15H15BrN2O4S. The van der Waals surface area contributed by atoms with Gasteiger partial charge in [-0.2, -0.15) is 4.72 Å². The van der Waals surface area contributed by atoms with Crippen molar-refractivity contribution in [1.82, 2.24) is 9.71 Å². The number of aliphatic carboxylic acids is 1. The number of sulfonamides is 1. The van der Waals surface area contributed by atoms with Crippen LogP contribution >= 0.6 is 15.9 Å². The molecule has 0 aliphatic heterocycles. The molecule has 8 heteroatoms. The van der Waals surface area contributed by atoms with E-state index in [-0.39, 0.29) is 11.3 Å². The van der Waals surface area contributed by atoms with Gasteiger partial charge in [-0.25, -0.2) is 8.42 Å². The van der Waals surface area contributed by atoms with E-state index in [9.17, 15) is 18.3 Å². The second-order valence-electron chi connectivity index (χ2n) is 4.98. The van der Waals surface area contributed by atoms with E-state index in [4.69, 9.17) is 0 Å². The van der Waals surface area contributed by atoms with Crippen molar-refractivity contribution >= 4 is 31.9 Å². The molecule has 6 nitrogen and oxygen atoms in total. The fourth-order valence-corrected chi connectivity index (χ4v) is 3.49. The van der Waals surface area contributed by atoms with Crippen molar-refractivity contribution in [2.75, 3.05) is 0 Å². The van der Waals surface area contributed by atoms with Gasteiger partial charge in [0.05, 0.1) is 4.90 Å². The van der Waals surface area contributed by atoms with E-state index in [2.05, 4.69) is 25.6 Å². The molecule has 1 heterocycles. The first-order valence-corrected chi connectivity index (χ1v) is 8.97. The minimum absolute atomic E-state index is 0.0270. The average Bonchev–Trinajstić information content (AvgIpc) is 2.50. The number of rotatable bonds is 6. The van der Waals surface area contributed by atoms with Crippen molar-refractivity contribution in [3.63, 3.8) is 0 Å². The minimum atomic E-state index is -3.93.